The van der Waals surface area contributed by atoms with Gasteiger partial charge in [-0.3, -0.25) is 4.79 Å². The molecule has 0 unspecified atom stereocenters. The van der Waals surface area contributed by atoms with E-state index in [4.69, 9.17) is 9.47 Å². The van der Waals surface area contributed by atoms with Crippen molar-refractivity contribution in [3.8, 4) is 11.5 Å². The van der Waals surface area contributed by atoms with Crippen molar-refractivity contribution < 1.29 is 14.3 Å². The minimum absolute atomic E-state index is 0.0617. The molecule has 2 fully saturated rings. The number of hydrogen-bond donors (Lipinski definition) is 1. The lowest BCUT2D eigenvalue weighted by atomic mass is 9.98. The van der Waals surface area contributed by atoms with Crippen LogP contribution in [0.5, 0.6) is 11.5 Å². The average molecular weight is 377 g/mol. The first kappa shape index (κ1) is 17.6. The Labute approximate surface area is 166 Å². The summed E-state index contributed by atoms with van der Waals surface area (Å²) in [6.07, 6.45) is 5.77. The lowest BCUT2D eigenvalue weighted by Gasteiger charge is -2.23. The third-order valence-corrected chi connectivity index (χ3v) is 6.53. The second kappa shape index (κ2) is 7.50. The summed E-state index contributed by atoms with van der Waals surface area (Å²) in [5, 5.41) is 3.37. The molecule has 1 aliphatic heterocycles. The fraction of sp³-hybridized carbons (Fsp3) is 0.458. The molecule has 0 saturated heterocycles. The number of ether oxygens (including phenoxy) is 2. The fourth-order valence-corrected chi connectivity index (χ4v) is 5.03. The first-order valence-electron chi connectivity index (χ1n) is 10.5. The highest BCUT2D eigenvalue weighted by Gasteiger charge is 2.54. The average Bonchev–Trinajstić information content (AvgIpc) is 3.48. The number of amides is 1. The predicted octanol–water partition coefficient (Wildman–Crippen LogP) is 4.29. The first-order chi connectivity index (χ1) is 13.8. The smallest absolute Gasteiger partial charge is 0.224 e. The van der Waals surface area contributed by atoms with E-state index >= 15 is 0 Å². The third-order valence-electron chi connectivity index (χ3n) is 6.53. The third kappa shape index (κ3) is 3.48. The summed E-state index contributed by atoms with van der Waals surface area (Å²) in [5.41, 5.74) is 2.29. The maximum atomic E-state index is 13.1. The van der Waals surface area contributed by atoms with Gasteiger partial charge >= 0.3 is 0 Å². The van der Waals surface area contributed by atoms with Gasteiger partial charge < -0.3 is 14.8 Å². The number of carbonyl (C=O) groups is 1. The second-order valence-corrected chi connectivity index (χ2v) is 8.29. The van der Waals surface area contributed by atoms with Crippen molar-refractivity contribution in [2.24, 2.45) is 17.8 Å². The van der Waals surface area contributed by atoms with Gasteiger partial charge in [-0.2, -0.15) is 0 Å². The summed E-state index contributed by atoms with van der Waals surface area (Å²) in [7, 11) is 0. The molecule has 3 atom stereocenters. The highest BCUT2D eigenvalue weighted by molar-refractivity contribution is 5.82. The Morgan fingerprint density at radius 2 is 1.68 bits per heavy atom. The Morgan fingerprint density at radius 3 is 2.43 bits per heavy atom. The molecular weight excluding hydrogens is 350 g/mol. The summed E-state index contributed by atoms with van der Waals surface area (Å²) in [6.45, 7) is 1.15. The van der Waals surface area contributed by atoms with Crippen molar-refractivity contribution in [2.45, 2.75) is 38.1 Å². The zero-order valence-electron chi connectivity index (χ0n) is 16.1. The second-order valence-electron chi connectivity index (χ2n) is 8.29. The molecular formula is C24H27NO3. The number of benzene rings is 2. The van der Waals surface area contributed by atoms with E-state index in [2.05, 4.69) is 23.5 Å². The van der Waals surface area contributed by atoms with Crippen LogP contribution >= 0.6 is 0 Å². The van der Waals surface area contributed by atoms with Gasteiger partial charge in [0.2, 0.25) is 5.91 Å². The topological polar surface area (TPSA) is 47.6 Å². The monoisotopic (exact) mass is 377 g/mol. The molecule has 146 valence electrons. The Kier molecular flexibility index (Phi) is 4.71. The maximum absolute atomic E-state index is 13.1. The number of rotatable bonds is 5. The van der Waals surface area contributed by atoms with E-state index < -0.39 is 0 Å². The highest BCUT2D eigenvalue weighted by atomic mass is 16.6. The van der Waals surface area contributed by atoms with Crippen LogP contribution < -0.4 is 14.8 Å². The van der Waals surface area contributed by atoms with E-state index in [9.17, 15) is 4.79 Å². The Hall–Kier alpha value is -2.49. The van der Waals surface area contributed by atoms with Crippen molar-refractivity contribution in [1.82, 2.24) is 5.32 Å². The molecule has 4 heteroatoms. The normalized spacial score (nSPS) is 26.1. The highest BCUT2D eigenvalue weighted by Crippen LogP contribution is 2.55. The molecule has 2 aromatic rings. The van der Waals surface area contributed by atoms with Gasteiger partial charge in [0.25, 0.3) is 0 Å². The molecule has 28 heavy (non-hydrogen) atoms. The number of nitrogens with one attached hydrogen (secondary N) is 1. The van der Waals surface area contributed by atoms with Crippen LogP contribution in [-0.4, -0.2) is 19.1 Å². The first-order valence-corrected chi connectivity index (χ1v) is 10.5. The molecule has 2 aliphatic carbocycles. The summed E-state index contributed by atoms with van der Waals surface area (Å²) >= 11 is 0. The number of carbonyl (C=O) groups excluding carboxylic acids is 1. The summed E-state index contributed by atoms with van der Waals surface area (Å²) < 4.78 is 11.4. The van der Waals surface area contributed by atoms with Crippen molar-refractivity contribution in [3.63, 3.8) is 0 Å². The zero-order valence-corrected chi connectivity index (χ0v) is 16.1. The van der Waals surface area contributed by atoms with Crippen LogP contribution in [0.25, 0.3) is 0 Å². The fourth-order valence-electron chi connectivity index (χ4n) is 5.03. The predicted molar refractivity (Wildman–Crippen MR) is 107 cm³/mol. The standard InChI is InChI=1S/C24H27NO3/c26-24(23-18-8-4-5-9-19(18)23)25-20(14-16-6-2-1-3-7-16)17-10-11-21-22(15-17)28-13-12-27-21/h1-3,6-7,10-11,15,18-20,23H,4-5,8-9,12-14H2,(H,25,26)/t18-,19-,20-/m1/s1. The minimum atomic E-state index is -0.0617. The van der Waals surface area contributed by atoms with Crippen molar-refractivity contribution in [2.75, 3.05) is 13.2 Å². The molecule has 4 nitrogen and oxygen atoms in total. The molecule has 3 aliphatic rings. The summed E-state index contributed by atoms with van der Waals surface area (Å²) in [4.78, 5) is 13.1. The number of hydrogen-bond acceptors (Lipinski definition) is 3. The van der Waals surface area contributed by atoms with Crippen LogP contribution in [0.15, 0.2) is 48.5 Å². The van der Waals surface area contributed by atoms with Gasteiger partial charge in [-0.15, -0.1) is 0 Å². The molecule has 2 aromatic carbocycles. The van der Waals surface area contributed by atoms with Crippen LogP contribution in [0.1, 0.15) is 42.9 Å². The van der Waals surface area contributed by atoms with Crippen LogP contribution in [0.4, 0.5) is 0 Å². The van der Waals surface area contributed by atoms with Crippen molar-refractivity contribution in [3.05, 3.63) is 59.7 Å². The summed E-state index contributed by atoms with van der Waals surface area (Å²) in [6, 6.07) is 16.3. The van der Waals surface area contributed by atoms with Gasteiger partial charge in [0.15, 0.2) is 11.5 Å². The van der Waals surface area contributed by atoms with E-state index in [1.807, 2.05) is 30.3 Å². The molecule has 1 amide bonds. The molecule has 2 saturated carbocycles. The van der Waals surface area contributed by atoms with E-state index in [1.54, 1.807) is 0 Å². The minimum Gasteiger partial charge on any atom is -0.486 e. The molecule has 0 spiro atoms. The number of fused-ring (bicyclic) bond motifs is 2. The molecule has 5 rings (SSSR count). The molecule has 0 aromatic heterocycles. The molecule has 0 radical (unpaired) electrons. The quantitative estimate of drug-likeness (QED) is 0.845. The molecule has 0 bridgehead atoms. The maximum Gasteiger partial charge on any atom is 0.224 e. The van der Waals surface area contributed by atoms with Crippen LogP contribution in [0.3, 0.4) is 0 Å². The van der Waals surface area contributed by atoms with E-state index in [-0.39, 0.29) is 17.9 Å². The molecule has 1 N–H and O–H groups in total. The van der Waals surface area contributed by atoms with Gasteiger partial charge in [-0.25, -0.2) is 0 Å². The SMILES string of the molecule is O=C(N[C@H](Cc1ccccc1)c1ccc2c(c1)OCCO2)C1[C@@H]2CCCC[C@@H]12. The lowest BCUT2D eigenvalue weighted by molar-refractivity contribution is -0.123. The molecule has 1 heterocycles. The largest absolute Gasteiger partial charge is 0.486 e. The Bertz CT molecular complexity index is 838. The van der Waals surface area contributed by atoms with E-state index in [0.717, 1.165) is 23.5 Å². The van der Waals surface area contributed by atoms with Crippen LogP contribution in [0.2, 0.25) is 0 Å². The van der Waals surface area contributed by atoms with Gasteiger partial charge in [0.05, 0.1) is 6.04 Å². The Balaban J connectivity index is 1.38. The van der Waals surface area contributed by atoms with Crippen LogP contribution in [-0.2, 0) is 11.2 Å². The van der Waals surface area contributed by atoms with Gasteiger partial charge in [0, 0.05) is 5.92 Å². The lowest BCUT2D eigenvalue weighted by Crippen LogP contribution is -2.32. The van der Waals surface area contributed by atoms with Gasteiger partial charge in [-0.05, 0) is 54.4 Å². The zero-order chi connectivity index (χ0) is 18.9. The Morgan fingerprint density at radius 1 is 0.964 bits per heavy atom. The van der Waals surface area contributed by atoms with E-state index in [1.165, 1.54) is 31.2 Å². The van der Waals surface area contributed by atoms with Crippen LogP contribution in [0, 0.1) is 17.8 Å². The van der Waals surface area contributed by atoms with Gasteiger partial charge in [0.1, 0.15) is 13.2 Å². The van der Waals surface area contributed by atoms with Gasteiger partial charge in [-0.1, -0.05) is 49.2 Å². The van der Waals surface area contributed by atoms with E-state index in [0.29, 0.717) is 25.0 Å². The van der Waals surface area contributed by atoms with Crippen molar-refractivity contribution >= 4 is 5.91 Å². The van der Waals surface area contributed by atoms with Crippen molar-refractivity contribution in [1.29, 1.82) is 0 Å². The summed E-state index contributed by atoms with van der Waals surface area (Å²) in [5.74, 6) is 3.24.